The van der Waals surface area contributed by atoms with E-state index in [0.29, 0.717) is 23.5 Å². The molecule has 1 rings (SSSR count). The number of nitrogens with zero attached hydrogens (tertiary/aromatic N) is 2. The van der Waals surface area contributed by atoms with Crippen LogP contribution in [0.1, 0.15) is 31.5 Å². The smallest absolute Gasteiger partial charge is 0.194 e. The van der Waals surface area contributed by atoms with Crippen molar-refractivity contribution >= 4 is 23.3 Å². The van der Waals surface area contributed by atoms with E-state index in [2.05, 4.69) is 47.4 Å². The van der Waals surface area contributed by atoms with Crippen LogP contribution in [0.5, 0.6) is 0 Å². The van der Waals surface area contributed by atoms with E-state index in [4.69, 9.17) is 18.0 Å². The molecule has 0 aliphatic carbocycles. The van der Waals surface area contributed by atoms with Gasteiger partial charge in [-0.2, -0.15) is 0 Å². The fraction of sp³-hybridized carbons (Fsp3) is 0.533. The first-order valence-corrected chi connectivity index (χ1v) is 7.65. The molecule has 0 saturated heterocycles. The van der Waals surface area contributed by atoms with Crippen LogP contribution in [0.15, 0.2) is 23.3 Å². The van der Waals surface area contributed by atoms with E-state index in [1.54, 1.807) is 0 Å². The van der Waals surface area contributed by atoms with Crippen molar-refractivity contribution in [2.45, 2.75) is 33.6 Å². The molecule has 116 valence electrons. The molecule has 0 aromatic carbocycles. The summed E-state index contributed by atoms with van der Waals surface area (Å²) in [5.41, 5.74) is 8.10. The molecule has 6 heteroatoms. The van der Waals surface area contributed by atoms with E-state index in [0.717, 1.165) is 25.1 Å². The van der Waals surface area contributed by atoms with Crippen molar-refractivity contribution in [2.75, 3.05) is 13.1 Å². The maximum absolute atomic E-state index is 5.74. The van der Waals surface area contributed by atoms with Gasteiger partial charge in [0, 0.05) is 25.0 Å². The second-order valence-corrected chi connectivity index (χ2v) is 5.78. The lowest BCUT2D eigenvalue weighted by Crippen LogP contribution is -2.43. The Morgan fingerprint density at radius 2 is 2.24 bits per heavy atom. The molecule has 0 bridgehead atoms. The van der Waals surface area contributed by atoms with Crippen molar-refractivity contribution in [3.8, 4) is 0 Å². The second kappa shape index (κ2) is 9.28. The lowest BCUT2D eigenvalue weighted by Gasteiger charge is -2.10. The Balaban J connectivity index is 2.22. The highest BCUT2D eigenvalue weighted by atomic mass is 32.1. The van der Waals surface area contributed by atoms with E-state index in [1.807, 2.05) is 12.3 Å². The molecule has 0 aliphatic heterocycles. The van der Waals surface area contributed by atoms with Crippen LogP contribution in [0, 0.1) is 12.8 Å². The van der Waals surface area contributed by atoms with Crippen LogP contribution in [0.3, 0.4) is 0 Å². The fourth-order valence-corrected chi connectivity index (χ4v) is 1.93. The quantitative estimate of drug-likeness (QED) is 0.323. The van der Waals surface area contributed by atoms with Crippen LogP contribution in [-0.2, 0) is 6.42 Å². The number of pyridine rings is 1. The molecule has 0 spiro atoms. The van der Waals surface area contributed by atoms with Gasteiger partial charge >= 0.3 is 0 Å². The summed E-state index contributed by atoms with van der Waals surface area (Å²) in [7, 11) is 0. The van der Waals surface area contributed by atoms with Gasteiger partial charge in [0.25, 0.3) is 0 Å². The van der Waals surface area contributed by atoms with Crippen molar-refractivity contribution in [1.82, 2.24) is 15.6 Å². The second-order valence-electron chi connectivity index (χ2n) is 5.37. The number of aromatic nitrogens is 1. The normalized spacial score (nSPS) is 11.5. The third-order valence-electron chi connectivity index (χ3n) is 2.86. The maximum atomic E-state index is 5.74. The van der Waals surface area contributed by atoms with Gasteiger partial charge in [-0.1, -0.05) is 19.9 Å². The SMILES string of the molecule is Cc1cccnc1CCCNC(=S)NC(N)=NCC(C)C. The topological polar surface area (TPSA) is 75.3 Å². The summed E-state index contributed by atoms with van der Waals surface area (Å²) in [5.74, 6) is 0.843. The van der Waals surface area contributed by atoms with Crippen molar-refractivity contribution in [2.24, 2.45) is 16.6 Å². The van der Waals surface area contributed by atoms with E-state index in [1.165, 1.54) is 5.56 Å². The first-order valence-electron chi connectivity index (χ1n) is 7.24. The first-order chi connectivity index (χ1) is 9.99. The monoisotopic (exact) mass is 307 g/mol. The average molecular weight is 307 g/mol. The number of hydrogen-bond acceptors (Lipinski definition) is 3. The summed E-state index contributed by atoms with van der Waals surface area (Å²) < 4.78 is 0. The van der Waals surface area contributed by atoms with Gasteiger partial charge in [-0.05, 0) is 49.5 Å². The van der Waals surface area contributed by atoms with E-state index < -0.39 is 0 Å². The molecule has 0 unspecified atom stereocenters. The number of nitrogens with one attached hydrogen (secondary N) is 2. The van der Waals surface area contributed by atoms with E-state index in [9.17, 15) is 0 Å². The van der Waals surface area contributed by atoms with Gasteiger partial charge in [-0.25, -0.2) is 0 Å². The summed E-state index contributed by atoms with van der Waals surface area (Å²) in [4.78, 5) is 8.57. The Morgan fingerprint density at radius 3 is 2.90 bits per heavy atom. The molecular weight excluding hydrogens is 282 g/mol. The van der Waals surface area contributed by atoms with Crippen LogP contribution < -0.4 is 16.4 Å². The molecule has 21 heavy (non-hydrogen) atoms. The number of thiocarbonyl (C=S) groups is 1. The molecule has 0 saturated carbocycles. The summed E-state index contributed by atoms with van der Waals surface area (Å²) in [6.07, 6.45) is 3.72. The summed E-state index contributed by atoms with van der Waals surface area (Å²) in [6.45, 7) is 7.73. The lowest BCUT2D eigenvalue weighted by molar-refractivity contribution is 0.663. The lowest BCUT2D eigenvalue weighted by atomic mass is 10.1. The molecule has 1 aromatic heterocycles. The average Bonchev–Trinajstić information content (AvgIpc) is 2.43. The van der Waals surface area contributed by atoms with Crippen molar-refractivity contribution in [3.63, 3.8) is 0 Å². The Morgan fingerprint density at radius 1 is 1.48 bits per heavy atom. The van der Waals surface area contributed by atoms with Crippen LogP contribution in [0.25, 0.3) is 0 Å². The number of guanidine groups is 1. The number of aryl methyl sites for hydroxylation is 2. The highest BCUT2D eigenvalue weighted by Crippen LogP contribution is 2.05. The molecule has 0 atom stereocenters. The van der Waals surface area contributed by atoms with E-state index in [-0.39, 0.29) is 0 Å². The predicted octanol–water partition coefficient (Wildman–Crippen LogP) is 1.76. The molecule has 0 amide bonds. The molecule has 1 aromatic rings. The molecule has 5 nitrogen and oxygen atoms in total. The number of rotatable bonds is 6. The van der Waals surface area contributed by atoms with Gasteiger partial charge in [0.15, 0.2) is 11.1 Å². The Kier molecular flexibility index (Phi) is 7.68. The van der Waals surface area contributed by atoms with Crippen molar-refractivity contribution in [1.29, 1.82) is 0 Å². The molecule has 0 radical (unpaired) electrons. The number of aliphatic imine (C=N–C) groups is 1. The molecule has 0 fully saturated rings. The Bertz CT molecular complexity index is 485. The summed E-state index contributed by atoms with van der Waals surface area (Å²) in [6, 6.07) is 4.03. The number of nitrogens with two attached hydrogens (primary N) is 1. The Hall–Kier alpha value is -1.69. The third kappa shape index (κ3) is 7.60. The predicted molar refractivity (Wildman–Crippen MR) is 92.4 cm³/mol. The van der Waals surface area contributed by atoms with Gasteiger partial charge in [0.05, 0.1) is 0 Å². The first kappa shape index (κ1) is 17.4. The van der Waals surface area contributed by atoms with Crippen LogP contribution in [-0.4, -0.2) is 29.1 Å². The van der Waals surface area contributed by atoms with Gasteiger partial charge in [-0.3, -0.25) is 9.98 Å². The van der Waals surface area contributed by atoms with Crippen LogP contribution in [0.4, 0.5) is 0 Å². The zero-order valence-electron chi connectivity index (χ0n) is 13.0. The van der Waals surface area contributed by atoms with Gasteiger partial charge < -0.3 is 16.4 Å². The third-order valence-corrected chi connectivity index (χ3v) is 3.11. The van der Waals surface area contributed by atoms with Crippen molar-refractivity contribution < 1.29 is 0 Å². The molecule has 1 heterocycles. The zero-order chi connectivity index (χ0) is 15.7. The Labute approximate surface area is 132 Å². The van der Waals surface area contributed by atoms with Gasteiger partial charge in [-0.15, -0.1) is 0 Å². The minimum absolute atomic E-state index is 0.363. The summed E-state index contributed by atoms with van der Waals surface area (Å²) in [5, 5.41) is 6.51. The van der Waals surface area contributed by atoms with E-state index >= 15 is 0 Å². The fourth-order valence-electron chi connectivity index (χ4n) is 1.72. The highest BCUT2D eigenvalue weighted by molar-refractivity contribution is 7.80. The largest absolute Gasteiger partial charge is 0.370 e. The summed E-state index contributed by atoms with van der Waals surface area (Å²) >= 11 is 5.17. The molecule has 0 aliphatic rings. The van der Waals surface area contributed by atoms with Gasteiger partial charge in [0.2, 0.25) is 0 Å². The minimum atomic E-state index is 0.363. The number of hydrogen-bond donors (Lipinski definition) is 3. The van der Waals surface area contributed by atoms with Crippen LogP contribution >= 0.6 is 12.2 Å². The van der Waals surface area contributed by atoms with Crippen LogP contribution in [0.2, 0.25) is 0 Å². The molecular formula is C15H25N5S. The minimum Gasteiger partial charge on any atom is -0.370 e. The standard InChI is InChI=1S/C15H25N5S/c1-11(2)10-19-14(16)20-15(21)18-9-5-7-13-12(3)6-4-8-17-13/h4,6,8,11H,5,7,9-10H2,1-3H3,(H4,16,18,19,20,21). The molecule has 4 N–H and O–H groups in total. The zero-order valence-corrected chi connectivity index (χ0v) is 13.8. The van der Waals surface area contributed by atoms with Crippen molar-refractivity contribution in [3.05, 3.63) is 29.6 Å². The van der Waals surface area contributed by atoms with Gasteiger partial charge in [0.1, 0.15) is 0 Å². The maximum Gasteiger partial charge on any atom is 0.194 e. The highest BCUT2D eigenvalue weighted by Gasteiger charge is 2.01.